The van der Waals surface area contributed by atoms with Crippen LogP contribution in [0.1, 0.15) is 11.4 Å². The van der Waals surface area contributed by atoms with E-state index in [1.54, 1.807) is 0 Å². The number of ether oxygens (including phenoxy) is 2. The molecule has 0 saturated carbocycles. The molecule has 0 radical (unpaired) electrons. The van der Waals surface area contributed by atoms with Crippen molar-refractivity contribution in [3.63, 3.8) is 0 Å². The van der Waals surface area contributed by atoms with E-state index in [-0.39, 0.29) is 0 Å². The second-order valence-corrected chi connectivity index (χ2v) is 7.95. The maximum atomic E-state index is 10.0. The molecule has 168 valence electrons. The highest BCUT2D eigenvalue weighted by molar-refractivity contribution is 5.88. The lowest BCUT2D eigenvalue weighted by molar-refractivity contribution is 0.122. The van der Waals surface area contributed by atoms with Crippen LogP contribution in [-0.4, -0.2) is 67.4 Å². The Morgan fingerprint density at radius 2 is 1.42 bits per heavy atom. The minimum absolute atomic E-state index is 0.463. The van der Waals surface area contributed by atoms with Crippen LogP contribution in [-0.2, 0) is 9.47 Å². The van der Waals surface area contributed by atoms with Crippen molar-refractivity contribution < 1.29 is 9.47 Å². The van der Waals surface area contributed by atoms with Gasteiger partial charge in [0.25, 0.3) is 0 Å². The Hall–Kier alpha value is -3.67. The molecule has 2 aliphatic heterocycles. The molecule has 3 aromatic rings. The third-order valence-electron chi connectivity index (χ3n) is 5.90. The van der Waals surface area contributed by atoms with Crippen LogP contribution < -0.4 is 9.80 Å². The second kappa shape index (κ2) is 9.86. The van der Waals surface area contributed by atoms with E-state index in [0.29, 0.717) is 24.6 Å². The summed E-state index contributed by atoms with van der Waals surface area (Å²) in [7, 11) is 0. The SMILES string of the molecule is N#CC(=Cc1ccc(N2CCOCC2)cc1)c1nnc(N2CCOCC2)n1-c1ccccc1. The third-order valence-corrected chi connectivity index (χ3v) is 5.90. The summed E-state index contributed by atoms with van der Waals surface area (Å²) in [5.41, 5.74) is 3.49. The Morgan fingerprint density at radius 1 is 0.788 bits per heavy atom. The molecule has 5 rings (SSSR count). The van der Waals surface area contributed by atoms with Crippen molar-refractivity contribution in [3.8, 4) is 11.8 Å². The molecule has 3 heterocycles. The highest BCUT2D eigenvalue weighted by Crippen LogP contribution is 2.27. The maximum absolute atomic E-state index is 10.0. The summed E-state index contributed by atoms with van der Waals surface area (Å²) in [4.78, 5) is 4.46. The molecule has 2 aromatic carbocycles. The first kappa shape index (κ1) is 21.2. The van der Waals surface area contributed by atoms with E-state index < -0.39 is 0 Å². The lowest BCUT2D eigenvalue weighted by atomic mass is 10.1. The summed E-state index contributed by atoms with van der Waals surface area (Å²) < 4.78 is 12.9. The van der Waals surface area contributed by atoms with Gasteiger partial charge in [0.15, 0.2) is 5.82 Å². The van der Waals surface area contributed by atoms with Gasteiger partial charge in [-0.05, 0) is 35.9 Å². The average molecular weight is 443 g/mol. The zero-order chi connectivity index (χ0) is 22.5. The number of nitrogens with zero attached hydrogens (tertiary/aromatic N) is 6. The normalized spacial score (nSPS) is 17.1. The Labute approximate surface area is 193 Å². The van der Waals surface area contributed by atoms with Crippen LogP contribution in [0.25, 0.3) is 17.3 Å². The van der Waals surface area contributed by atoms with Gasteiger partial charge in [0.1, 0.15) is 6.07 Å². The number of para-hydroxylation sites is 1. The van der Waals surface area contributed by atoms with Gasteiger partial charge in [0, 0.05) is 31.9 Å². The van der Waals surface area contributed by atoms with Crippen molar-refractivity contribution >= 4 is 23.3 Å². The van der Waals surface area contributed by atoms with E-state index in [9.17, 15) is 5.26 Å². The second-order valence-electron chi connectivity index (χ2n) is 7.95. The molecule has 0 atom stereocenters. The predicted octanol–water partition coefficient (Wildman–Crippen LogP) is 3.00. The number of rotatable bonds is 5. The standard InChI is InChI=1S/C25H26N6O2/c26-19-21(18-20-6-8-22(9-7-20)29-10-14-32-15-11-29)24-27-28-25(30-12-16-33-17-13-30)31(24)23-4-2-1-3-5-23/h1-9,18H,10-17H2. The first-order chi connectivity index (χ1) is 16.3. The van der Waals surface area contributed by atoms with Crippen LogP contribution in [0.5, 0.6) is 0 Å². The average Bonchev–Trinajstić information content (AvgIpc) is 3.34. The number of allylic oxidation sites excluding steroid dienone is 1. The zero-order valence-electron chi connectivity index (χ0n) is 18.4. The van der Waals surface area contributed by atoms with Gasteiger partial charge >= 0.3 is 0 Å². The van der Waals surface area contributed by atoms with Crippen LogP contribution in [0.4, 0.5) is 11.6 Å². The fourth-order valence-corrected chi connectivity index (χ4v) is 4.15. The zero-order valence-corrected chi connectivity index (χ0v) is 18.4. The summed E-state index contributed by atoms with van der Waals surface area (Å²) in [5, 5.41) is 19.0. The maximum Gasteiger partial charge on any atom is 0.232 e. The van der Waals surface area contributed by atoms with Crippen LogP contribution in [0.3, 0.4) is 0 Å². The molecule has 0 unspecified atom stereocenters. The number of morpholine rings is 2. The van der Waals surface area contributed by atoms with E-state index in [1.165, 1.54) is 0 Å². The van der Waals surface area contributed by atoms with E-state index in [1.807, 2.05) is 53.1 Å². The van der Waals surface area contributed by atoms with Gasteiger partial charge in [0.2, 0.25) is 5.95 Å². The first-order valence-corrected chi connectivity index (χ1v) is 11.2. The molecular formula is C25H26N6O2. The minimum atomic E-state index is 0.463. The van der Waals surface area contributed by atoms with Gasteiger partial charge < -0.3 is 19.3 Å². The van der Waals surface area contributed by atoms with Crippen molar-refractivity contribution in [1.82, 2.24) is 14.8 Å². The van der Waals surface area contributed by atoms with Crippen molar-refractivity contribution in [1.29, 1.82) is 5.26 Å². The van der Waals surface area contributed by atoms with E-state index in [4.69, 9.17) is 9.47 Å². The summed E-state index contributed by atoms with van der Waals surface area (Å²) in [6, 6.07) is 20.5. The van der Waals surface area contributed by atoms with Gasteiger partial charge in [-0.25, -0.2) is 0 Å². The summed E-state index contributed by atoms with van der Waals surface area (Å²) >= 11 is 0. The molecule has 0 N–H and O–H groups in total. The van der Waals surface area contributed by atoms with Crippen molar-refractivity contribution in [2.75, 3.05) is 62.4 Å². The molecule has 0 bridgehead atoms. The van der Waals surface area contributed by atoms with Gasteiger partial charge in [-0.1, -0.05) is 30.3 Å². The van der Waals surface area contributed by atoms with Crippen LogP contribution in [0.2, 0.25) is 0 Å². The molecule has 2 aliphatic rings. The molecule has 8 nitrogen and oxygen atoms in total. The van der Waals surface area contributed by atoms with Gasteiger partial charge in [0.05, 0.1) is 37.7 Å². The van der Waals surface area contributed by atoms with Crippen molar-refractivity contribution in [3.05, 3.63) is 66.0 Å². The molecule has 1 aromatic heterocycles. The van der Waals surface area contributed by atoms with E-state index >= 15 is 0 Å². The quantitative estimate of drug-likeness (QED) is 0.562. The topological polar surface area (TPSA) is 79.4 Å². The molecule has 2 fully saturated rings. The highest BCUT2D eigenvalue weighted by atomic mass is 16.5. The number of aromatic nitrogens is 3. The van der Waals surface area contributed by atoms with Gasteiger partial charge in [-0.3, -0.25) is 4.57 Å². The number of hydrogen-bond donors (Lipinski definition) is 0. The Bertz CT molecular complexity index is 1140. The smallest absolute Gasteiger partial charge is 0.232 e. The molecule has 8 heteroatoms. The Balaban J connectivity index is 1.49. The first-order valence-electron chi connectivity index (χ1n) is 11.2. The van der Waals surface area contributed by atoms with Crippen LogP contribution in [0, 0.1) is 11.3 Å². The lowest BCUT2D eigenvalue weighted by Gasteiger charge is -2.28. The monoisotopic (exact) mass is 442 g/mol. The van der Waals surface area contributed by atoms with E-state index in [2.05, 4.69) is 38.2 Å². The van der Waals surface area contributed by atoms with Gasteiger partial charge in [-0.15, -0.1) is 10.2 Å². The number of anilines is 2. The highest BCUT2D eigenvalue weighted by Gasteiger charge is 2.23. The Kier molecular flexibility index (Phi) is 6.33. The van der Waals surface area contributed by atoms with Crippen LogP contribution >= 0.6 is 0 Å². The predicted molar refractivity (Wildman–Crippen MR) is 127 cm³/mol. The van der Waals surface area contributed by atoms with Gasteiger partial charge in [-0.2, -0.15) is 5.26 Å². The fraction of sp³-hybridized carbons (Fsp3) is 0.320. The van der Waals surface area contributed by atoms with Crippen molar-refractivity contribution in [2.24, 2.45) is 0 Å². The van der Waals surface area contributed by atoms with E-state index in [0.717, 1.165) is 62.3 Å². The number of hydrogen-bond acceptors (Lipinski definition) is 7. The fourth-order valence-electron chi connectivity index (χ4n) is 4.15. The third kappa shape index (κ3) is 4.60. The molecule has 33 heavy (non-hydrogen) atoms. The molecule has 0 amide bonds. The van der Waals surface area contributed by atoms with Crippen molar-refractivity contribution in [2.45, 2.75) is 0 Å². The number of benzene rings is 2. The molecule has 0 spiro atoms. The molecule has 2 saturated heterocycles. The summed E-state index contributed by atoms with van der Waals surface area (Å²) in [6.07, 6.45) is 1.87. The molecular weight excluding hydrogens is 416 g/mol. The Morgan fingerprint density at radius 3 is 2.06 bits per heavy atom. The number of nitriles is 1. The largest absolute Gasteiger partial charge is 0.378 e. The van der Waals surface area contributed by atoms with Crippen LogP contribution in [0.15, 0.2) is 54.6 Å². The molecule has 0 aliphatic carbocycles. The lowest BCUT2D eigenvalue weighted by Crippen LogP contribution is -2.38. The minimum Gasteiger partial charge on any atom is -0.378 e. The summed E-state index contributed by atoms with van der Waals surface area (Å²) in [5.74, 6) is 1.26. The summed E-state index contributed by atoms with van der Waals surface area (Å²) in [6.45, 7) is 6.05.